The lowest BCUT2D eigenvalue weighted by molar-refractivity contribution is -0.0452. The Morgan fingerprint density at radius 1 is 0.971 bits per heavy atom. The van der Waals surface area contributed by atoms with E-state index < -0.39 is 10.2 Å². The zero-order chi connectivity index (χ0) is 23.6. The monoisotopic (exact) mass is 548 g/mol. The number of thiophene rings is 1. The third-order valence-corrected chi connectivity index (χ3v) is 8.44. The van der Waals surface area contributed by atoms with E-state index in [4.69, 9.17) is 37.4 Å². The molecule has 3 heterocycles. The summed E-state index contributed by atoms with van der Waals surface area (Å²) in [5.41, 5.74) is 0.930. The van der Waals surface area contributed by atoms with E-state index in [0.717, 1.165) is 5.06 Å². The Hall–Kier alpha value is -2.03. The predicted octanol–water partition coefficient (Wildman–Crippen LogP) is 7.88. The molecular weight excluding hydrogens is 531 g/mol. The Morgan fingerprint density at radius 3 is 2.47 bits per heavy atom. The van der Waals surface area contributed by atoms with Crippen molar-refractivity contribution < 1.29 is 19.0 Å². The molecular formula is C25H18Cl2O4S3. The van der Waals surface area contributed by atoms with Crippen molar-refractivity contribution in [3.63, 3.8) is 0 Å². The summed E-state index contributed by atoms with van der Waals surface area (Å²) < 4.78 is 17.9. The number of ketones is 1. The Bertz CT molecular complexity index is 1240. The van der Waals surface area contributed by atoms with E-state index in [1.54, 1.807) is 66.4 Å². The van der Waals surface area contributed by atoms with Gasteiger partial charge in [0, 0.05) is 18.1 Å². The van der Waals surface area contributed by atoms with Crippen LogP contribution in [0, 0.1) is 0 Å². The van der Waals surface area contributed by atoms with Crippen molar-refractivity contribution in [2.75, 3.05) is 5.75 Å². The summed E-state index contributed by atoms with van der Waals surface area (Å²) >= 11 is 17.0. The second kappa shape index (κ2) is 9.91. The number of hydrogen-bond donors (Lipinski definition) is 0. The zero-order valence-corrected chi connectivity index (χ0v) is 21.6. The highest BCUT2D eigenvalue weighted by Crippen LogP contribution is 2.48. The van der Waals surface area contributed by atoms with Crippen LogP contribution in [-0.2, 0) is 0 Å². The summed E-state index contributed by atoms with van der Waals surface area (Å²) in [4.78, 5) is 13.3. The van der Waals surface area contributed by atoms with Crippen molar-refractivity contribution in [2.45, 2.75) is 16.6 Å². The number of benzene rings is 2. The first-order valence-corrected chi connectivity index (χ1v) is 13.8. The molecule has 2 aliphatic rings. The van der Waals surface area contributed by atoms with Gasteiger partial charge in [0.05, 0.1) is 15.7 Å². The molecule has 5 rings (SSSR count). The van der Waals surface area contributed by atoms with Gasteiger partial charge in [-0.3, -0.25) is 4.79 Å². The highest BCUT2D eigenvalue weighted by Gasteiger charge is 2.37. The van der Waals surface area contributed by atoms with E-state index in [2.05, 4.69) is 0 Å². The van der Waals surface area contributed by atoms with Gasteiger partial charge in [-0.15, -0.1) is 23.1 Å². The molecule has 4 nitrogen and oxygen atoms in total. The van der Waals surface area contributed by atoms with Gasteiger partial charge in [0.2, 0.25) is 4.39 Å². The Morgan fingerprint density at radius 2 is 1.79 bits per heavy atom. The molecule has 0 saturated heterocycles. The van der Waals surface area contributed by atoms with Gasteiger partial charge in [-0.2, -0.15) is 0 Å². The lowest BCUT2D eigenvalue weighted by atomic mass is 10.0. The van der Waals surface area contributed by atoms with Crippen molar-refractivity contribution in [3.05, 3.63) is 99.1 Å². The standard InChI is InChI=1S/C25H18Cl2O4S3/c26-21-11-12-25(27,34-21)30-20-5-2-1-4-19(20)23(28)17-7-9-18(10-8-17)29-24(13-15-32-16-24)31-22-6-3-14-33-22/h1-11,13-15H,12,16H2. The molecule has 1 aromatic heterocycles. The molecule has 0 fully saturated rings. The van der Waals surface area contributed by atoms with E-state index in [-0.39, 0.29) is 5.78 Å². The number of rotatable bonds is 8. The van der Waals surface area contributed by atoms with Gasteiger partial charge in [-0.25, -0.2) is 0 Å². The maximum absolute atomic E-state index is 13.3. The summed E-state index contributed by atoms with van der Waals surface area (Å²) in [6, 6.07) is 17.9. The number of alkyl halides is 1. The van der Waals surface area contributed by atoms with Gasteiger partial charge in [-0.05, 0) is 71.1 Å². The summed E-state index contributed by atoms with van der Waals surface area (Å²) in [7, 11) is 0. The van der Waals surface area contributed by atoms with Crippen LogP contribution in [0.25, 0.3) is 0 Å². The largest absolute Gasteiger partial charge is 0.461 e. The Balaban J connectivity index is 1.32. The minimum absolute atomic E-state index is 0.176. The topological polar surface area (TPSA) is 44.8 Å². The van der Waals surface area contributed by atoms with Gasteiger partial charge in [0.1, 0.15) is 11.5 Å². The lowest BCUT2D eigenvalue weighted by Crippen LogP contribution is -2.41. The first-order chi connectivity index (χ1) is 16.4. The lowest BCUT2D eigenvalue weighted by Gasteiger charge is -2.28. The van der Waals surface area contributed by atoms with Crippen molar-refractivity contribution in [2.24, 2.45) is 0 Å². The molecule has 0 radical (unpaired) electrons. The molecule has 2 aliphatic heterocycles. The number of halogens is 2. The van der Waals surface area contributed by atoms with Crippen LogP contribution >= 0.6 is 58.1 Å². The van der Waals surface area contributed by atoms with Crippen LogP contribution in [0.2, 0.25) is 0 Å². The molecule has 0 saturated carbocycles. The smallest absolute Gasteiger partial charge is 0.282 e. The predicted molar refractivity (Wildman–Crippen MR) is 142 cm³/mol. The molecule has 2 aromatic carbocycles. The van der Waals surface area contributed by atoms with Crippen LogP contribution in [0.5, 0.6) is 16.6 Å². The Labute approximate surface area is 219 Å². The second-order valence-electron chi connectivity index (χ2n) is 7.49. The van der Waals surface area contributed by atoms with Crippen molar-refractivity contribution >= 4 is 63.8 Å². The number of carbonyl (C=O) groups excluding carboxylic acids is 1. The molecule has 34 heavy (non-hydrogen) atoms. The molecule has 174 valence electrons. The minimum Gasteiger partial charge on any atom is -0.461 e. The van der Waals surface area contributed by atoms with Crippen LogP contribution in [0.1, 0.15) is 22.3 Å². The summed E-state index contributed by atoms with van der Waals surface area (Å²) in [5, 5.41) is 4.71. The quantitative estimate of drug-likeness (QED) is 0.162. The van der Waals surface area contributed by atoms with Crippen LogP contribution in [0.4, 0.5) is 0 Å². The summed E-state index contributed by atoms with van der Waals surface area (Å²) in [6.07, 6.45) is 4.15. The zero-order valence-electron chi connectivity index (χ0n) is 17.6. The summed E-state index contributed by atoms with van der Waals surface area (Å²) in [6.45, 7) is 0. The van der Waals surface area contributed by atoms with E-state index >= 15 is 0 Å². The molecule has 2 atom stereocenters. The molecule has 0 amide bonds. The maximum atomic E-state index is 13.3. The number of ether oxygens (including phenoxy) is 3. The normalized spacial score (nSPS) is 23.5. The average Bonchev–Trinajstić information content (AvgIpc) is 3.57. The molecule has 2 unspecified atom stereocenters. The first-order valence-electron chi connectivity index (χ1n) is 10.3. The van der Waals surface area contributed by atoms with Gasteiger partial charge in [0.25, 0.3) is 5.79 Å². The minimum atomic E-state index is -1.06. The van der Waals surface area contributed by atoms with E-state index in [9.17, 15) is 4.79 Å². The maximum Gasteiger partial charge on any atom is 0.282 e. The van der Waals surface area contributed by atoms with Gasteiger partial charge in [0.15, 0.2) is 10.8 Å². The van der Waals surface area contributed by atoms with Gasteiger partial charge >= 0.3 is 0 Å². The number of para-hydroxylation sites is 1. The summed E-state index contributed by atoms with van der Waals surface area (Å²) in [5.74, 6) is 0.585. The van der Waals surface area contributed by atoms with Gasteiger partial charge < -0.3 is 14.2 Å². The molecule has 0 spiro atoms. The van der Waals surface area contributed by atoms with Crippen LogP contribution in [0.15, 0.2) is 88.0 Å². The molecule has 0 aliphatic carbocycles. The van der Waals surface area contributed by atoms with E-state index in [1.807, 2.05) is 29.0 Å². The van der Waals surface area contributed by atoms with Crippen molar-refractivity contribution in [3.8, 4) is 16.6 Å². The van der Waals surface area contributed by atoms with Gasteiger partial charge in [-0.1, -0.05) is 41.4 Å². The fourth-order valence-electron chi connectivity index (χ4n) is 3.43. The molecule has 0 N–H and O–H groups in total. The fourth-order valence-corrected chi connectivity index (χ4v) is 6.65. The number of thioether (sulfide) groups is 2. The number of carbonyl (C=O) groups is 1. The molecule has 3 aromatic rings. The van der Waals surface area contributed by atoms with Crippen molar-refractivity contribution in [1.29, 1.82) is 0 Å². The third kappa shape index (κ3) is 5.29. The average molecular weight is 550 g/mol. The van der Waals surface area contributed by atoms with Crippen LogP contribution in [-0.4, -0.2) is 21.7 Å². The second-order valence-corrected chi connectivity index (χ2v) is 12.1. The van der Waals surface area contributed by atoms with Crippen LogP contribution in [0.3, 0.4) is 0 Å². The SMILES string of the molecule is O=C(c1ccc(OC2(Oc3cccs3)C=CSC2)cc1)c1ccccc1OC1(Cl)CC=C(Cl)S1. The molecule has 9 heteroatoms. The highest BCUT2D eigenvalue weighted by molar-refractivity contribution is 8.07. The highest BCUT2D eigenvalue weighted by atomic mass is 35.5. The van der Waals surface area contributed by atoms with Crippen molar-refractivity contribution in [1.82, 2.24) is 0 Å². The third-order valence-electron chi connectivity index (χ3n) is 5.03. The fraction of sp³-hybridized carbons (Fsp3) is 0.160. The van der Waals surface area contributed by atoms with E-state index in [1.165, 1.54) is 23.1 Å². The van der Waals surface area contributed by atoms with E-state index in [0.29, 0.717) is 39.2 Å². The number of hydrogen-bond acceptors (Lipinski definition) is 7. The Kier molecular flexibility index (Phi) is 6.91. The first kappa shape index (κ1) is 23.7. The van der Waals surface area contributed by atoms with Crippen LogP contribution < -0.4 is 14.2 Å². The molecule has 0 bridgehead atoms.